The molecule has 0 radical (unpaired) electrons. The van der Waals surface area contributed by atoms with Crippen molar-refractivity contribution in [3.8, 4) is 5.75 Å². The highest BCUT2D eigenvalue weighted by Crippen LogP contribution is 2.36. The number of halogens is 1. The van der Waals surface area contributed by atoms with Gasteiger partial charge in [-0.2, -0.15) is 0 Å². The second-order valence-corrected chi connectivity index (χ2v) is 5.89. The lowest BCUT2D eigenvalue weighted by Crippen LogP contribution is -2.57. The molecule has 2 atom stereocenters. The number of hydrogen-bond donors (Lipinski definition) is 1. The number of hydrogen-bond acceptors (Lipinski definition) is 3. The van der Waals surface area contributed by atoms with Crippen molar-refractivity contribution in [2.45, 2.75) is 38.3 Å². The van der Waals surface area contributed by atoms with Crippen molar-refractivity contribution in [2.75, 3.05) is 25.1 Å². The van der Waals surface area contributed by atoms with E-state index < -0.39 is 0 Å². The van der Waals surface area contributed by atoms with E-state index in [9.17, 15) is 4.39 Å². The monoisotopic (exact) mass is 278 g/mol. The third-order valence-electron chi connectivity index (χ3n) is 4.58. The molecule has 1 aromatic rings. The number of anilines is 1. The van der Waals surface area contributed by atoms with E-state index in [0.29, 0.717) is 17.8 Å². The van der Waals surface area contributed by atoms with Gasteiger partial charge in [-0.25, -0.2) is 4.39 Å². The SMILES string of the molecule is CCC1CNC(C2CC2)CN1c1ccc(OC)c(F)c1. The van der Waals surface area contributed by atoms with Gasteiger partial charge in [0.05, 0.1) is 7.11 Å². The molecular formula is C16H23FN2O. The molecule has 0 aromatic heterocycles. The maximum atomic E-state index is 13.9. The van der Waals surface area contributed by atoms with Crippen LogP contribution in [0.15, 0.2) is 18.2 Å². The van der Waals surface area contributed by atoms with Gasteiger partial charge in [0.25, 0.3) is 0 Å². The van der Waals surface area contributed by atoms with Gasteiger partial charge in [-0.3, -0.25) is 0 Å². The average molecular weight is 278 g/mol. The van der Waals surface area contributed by atoms with Gasteiger partial charge in [0.15, 0.2) is 11.6 Å². The molecule has 1 saturated carbocycles. The molecule has 0 bridgehead atoms. The second kappa shape index (κ2) is 5.60. The van der Waals surface area contributed by atoms with Gasteiger partial charge in [0.2, 0.25) is 0 Å². The molecule has 3 rings (SSSR count). The van der Waals surface area contributed by atoms with Gasteiger partial charge < -0.3 is 15.0 Å². The zero-order chi connectivity index (χ0) is 14.1. The quantitative estimate of drug-likeness (QED) is 0.916. The lowest BCUT2D eigenvalue weighted by Gasteiger charge is -2.42. The fraction of sp³-hybridized carbons (Fsp3) is 0.625. The van der Waals surface area contributed by atoms with Crippen LogP contribution in [0.5, 0.6) is 5.75 Å². The van der Waals surface area contributed by atoms with Gasteiger partial charge in [0, 0.05) is 36.9 Å². The predicted octanol–water partition coefficient (Wildman–Crippen LogP) is 2.80. The molecule has 2 aliphatic rings. The van der Waals surface area contributed by atoms with Crippen LogP contribution in [-0.4, -0.2) is 32.3 Å². The van der Waals surface area contributed by atoms with Gasteiger partial charge in [-0.15, -0.1) is 0 Å². The van der Waals surface area contributed by atoms with Crippen LogP contribution in [0.2, 0.25) is 0 Å². The van der Waals surface area contributed by atoms with E-state index in [1.54, 1.807) is 12.1 Å². The van der Waals surface area contributed by atoms with Crippen molar-refractivity contribution in [3.05, 3.63) is 24.0 Å². The molecule has 1 saturated heterocycles. The number of methoxy groups -OCH3 is 1. The first kappa shape index (κ1) is 13.7. The summed E-state index contributed by atoms with van der Waals surface area (Å²) in [6, 6.07) is 6.31. The fourth-order valence-corrected chi connectivity index (χ4v) is 3.15. The number of rotatable bonds is 4. The summed E-state index contributed by atoms with van der Waals surface area (Å²) in [5, 5.41) is 3.66. The Hall–Kier alpha value is -1.29. The minimum Gasteiger partial charge on any atom is -0.494 e. The topological polar surface area (TPSA) is 24.5 Å². The maximum Gasteiger partial charge on any atom is 0.167 e. The highest BCUT2D eigenvalue weighted by molar-refractivity contribution is 5.51. The third kappa shape index (κ3) is 2.62. The van der Waals surface area contributed by atoms with Crippen LogP contribution in [0.1, 0.15) is 26.2 Å². The van der Waals surface area contributed by atoms with E-state index in [4.69, 9.17) is 4.74 Å². The minimum absolute atomic E-state index is 0.277. The summed E-state index contributed by atoms with van der Waals surface area (Å²) in [5.41, 5.74) is 0.974. The van der Waals surface area contributed by atoms with E-state index in [1.165, 1.54) is 20.0 Å². The molecule has 2 fully saturated rings. The molecule has 1 heterocycles. The van der Waals surface area contributed by atoms with E-state index in [-0.39, 0.29) is 5.82 Å². The number of nitrogens with one attached hydrogen (secondary N) is 1. The summed E-state index contributed by atoms with van der Waals surface area (Å²) in [4.78, 5) is 2.36. The van der Waals surface area contributed by atoms with Crippen molar-refractivity contribution in [1.29, 1.82) is 0 Å². The molecule has 110 valence electrons. The number of benzene rings is 1. The van der Waals surface area contributed by atoms with E-state index in [0.717, 1.165) is 31.1 Å². The molecule has 20 heavy (non-hydrogen) atoms. The fourth-order valence-electron chi connectivity index (χ4n) is 3.15. The van der Waals surface area contributed by atoms with Crippen molar-refractivity contribution < 1.29 is 9.13 Å². The molecule has 1 N–H and O–H groups in total. The molecule has 0 amide bonds. The Bertz CT molecular complexity index is 476. The van der Waals surface area contributed by atoms with Gasteiger partial charge >= 0.3 is 0 Å². The lowest BCUT2D eigenvalue weighted by molar-refractivity contribution is 0.358. The van der Waals surface area contributed by atoms with Crippen molar-refractivity contribution in [3.63, 3.8) is 0 Å². The number of nitrogens with zero attached hydrogens (tertiary/aromatic N) is 1. The second-order valence-electron chi connectivity index (χ2n) is 5.89. The summed E-state index contributed by atoms with van der Waals surface area (Å²) in [6.07, 6.45) is 3.73. The number of piperazine rings is 1. The molecule has 1 aliphatic carbocycles. The summed E-state index contributed by atoms with van der Waals surface area (Å²) < 4.78 is 18.9. The zero-order valence-electron chi connectivity index (χ0n) is 12.2. The van der Waals surface area contributed by atoms with Crippen LogP contribution in [0.25, 0.3) is 0 Å². The van der Waals surface area contributed by atoms with Crippen LogP contribution in [0.3, 0.4) is 0 Å². The standard InChI is InChI=1S/C16H23FN2O/c1-3-12-9-18-15(11-4-5-11)10-19(12)13-6-7-16(20-2)14(17)8-13/h6-8,11-12,15,18H,3-5,9-10H2,1-2H3. The Kier molecular flexibility index (Phi) is 3.83. The Morgan fingerprint density at radius 1 is 1.40 bits per heavy atom. The van der Waals surface area contributed by atoms with Gasteiger partial charge in [0.1, 0.15) is 0 Å². The van der Waals surface area contributed by atoms with Crippen LogP contribution in [0, 0.1) is 11.7 Å². The Balaban J connectivity index is 1.82. The molecule has 4 heteroatoms. The molecule has 1 aliphatic heterocycles. The first-order valence-corrected chi connectivity index (χ1v) is 7.56. The van der Waals surface area contributed by atoms with Gasteiger partial charge in [-0.1, -0.05) is 6.92 Å². The largest absolute Gasteiger partial charge is 0.494 e. The predicted molar refractivity (Wildman–Crippen MR) is 78.9 cm³/mol. The molecule has 0 spiro atoms. The Morgan fingerprint density at radius 3 is 2.80 bits per heavy atom. The molecule has 3 nitrogen and oxygen atoms in total. The van der Waals surface area contributed by atoms with Crippen LogP contribution >= 0.6 is 0 Å². The van der Waals surface area contributed by atoms with E-state index in [1.807, 2.05) is 6.07 Å². The summed E-state index contributed by atoms with van der Waals surface area (Å²) in [5.74, 6) is 0.857. The molecule has 2 unspecified atom stereocenters. The van der Waals surface area contributed by atoms with Crippen LogP contribution in [0.4, 0.5) is 10.1 Å². The van der Waals surface area contributed by atoms with E-state index >= 15 is 0 Å². The van der Waals surface area contributed by atoms with Crippen molar-refractivity contribution in [2.24, 2.45) is 5.92 Å². The van der Waals surface area contributed by atoms with Gasteiger partial charge in [-0.05, 0) is 37.3 Å². The normalized spacial score (nSPS) is 26.6. The maximum absolute atomic E-state index is 13.9. The lowest BCUT2D eigenvalue weighted by atomic mass is 10.0. The molecule has 1 aromatic carbocycles. The highest BCUT2D eigenvalue weighted by atomic mass is 19.1. The van der Waals surface area contributed by atoms with Crippen molar-refractivity contribution in [1.82, 2.24) is 5.32 Å². The Morgan fingerprint density at radius 2 is 2.20 bits per heavy atom. The first-order valence-electron chi connectivity index (χ1n) is 7.56. The summed E-state index contributed by atoms with van der Waals surface area (Å²) >= 11 is 0. The van der Waals surface area contributed by atoms with Crippen LogP contribution in [-0.2, 0) is 0 Å². The Labute approximate surface area is 120 Å². The first-order chi connectivity index (χ1) is 9.72. The third-order valence-corrected chi connectivity index (χ3v) is 4.58. The zero-order valence-corrected chi connectivity index (χ0v) is 12.2. The molecular weight excluding hydrogens is 255 g/mol. The average Bonchev–Trinajstić information content (AvgIpc) is 3.31. The smallest absolute Gasteiger partial charge is 0.167 e. The number of ether oxygens (including phenoxy) is 1. The summed E-state index contributed by atoms with van der Waals surface area (Å²) in [7, 11) is 1.50. The van der Waals surface area contributed by atoms with Crippen LogP contribution < -0.4 is 15.0 Å². The minimum atomic E-state index is -0.277. The van der Waals surface area contributed by atoms with Crippen molar-refractivity contribution >= 4 is 5.69 Å². The highest BCUT2D eigenvalue weighted by Gasteiger charge is 2.36. The van der Waals surface area contributed by atoms with E-state index in [2.05, 4.69) is 17.1 Å². The summed E-state index contributed by atoms with van der Waals surface area (Å²) in [6.45, 7) is 4.16.